The molecule has 6 heteroatoms. The van der Waals surface area contributed by atoms with Gasteiger partial charge in [-0.2, -0.15) is 0 Å². The molecule has 0 saturated carbocycles. The summed E-state index contributed by atoms with van der Waals surface area (Å²) in [5, 5.41) is 8.75. The largest absolute Gasteiger partial charge is 0.497 e. The first kappa shape index (κ1) is 16.8. The molecule has 1 N–H and O–H groups in total. The van der Waals surface area contributed by atoms with Gasteiger partial charge in [-0.05, 0) is 80.2 Å². The van der Waals surface area contributed by atoms with Crippen molar-refractivity contribution in [2.45, 2.75) is 12.8 Å². The van der Waals surface area contributed by atoms with Crippen LogP contribution < -0.4 is 9.47 Å². The summed E-state index contributed by atoms with van der Waals surface area (Å²) in [5.41, 5.74) is 0.920. The minimum atomic E-state index is -0.814. The molecule has 0 bridgehead atoms. The molecule has 22 heavy (non-hydrogen) atoms. The number of rotatable bonds is 6. The summed E-state index contributed by atoms with van der Waals surface area (Å²) >= 11 is 6.93. The van der Waals surface area contributed by atoms with E-state index in [1.807, 2.05) is 36.4 Å². The highest BCUT2D eigenvalue weighted by molar-refractivity contribution is 9.11. The zero-order chi connectivity index (χ0) is 16.1. The van der Waals surface area contributed by atoms with Crippen LogP contribution in [0.1, 0.15) is 12.0 Å². The predicted octanol–water partition coefficient (Wildman–Crippen LogP) is 5.03. The third kappa shape index (κ3) is 4.48. The van der Waals surface area contributed by atoms with Gasteiger partial charge in [-0.25, -0.2) is 0 Å². The lowest BCUT2D eigenvalue weighted by Crippen LogP contribution is -1.98. The molecule has 0 atom stereocenters. The number of benzene rings is 2. The zero-order valence-corrected chi connectivity index (χ0v) is 15.0. The van der Waals surface area contributed by atoms with Gasteiger partial charge in [0.2, 0.25) is 0 Å². The second-order valence-electron chi connectivity index (χ2n) is 4.56. The molecule has 0 aromatic heterocycles. The van der Waals surface area contributed by atoms with E-state index in [2.05, 4.69) is 31.9 Å². The number of ether oxygens (including phenoxy) is 2. The van der Waals surface area contributed by atoms with Crippen molar-refractivity contribution in [3.05, 3.63) is 50.9 Å². The maximum atomic E-state index is 10.6. The normalized spacial score (nSPS) is 10.3. The summed E-state index contributed by atoms with van der Waals surface area (Å²) in [6.45, 7) is 0. The van der Waals surface area contributed by atoms with Crippen LogP contribution in [0.2, 0.25) is 0 Å². The Labute approximate surface area is 145 Å². The minimum absolute atomic E-state index is 0.0948. The Hall–Kier alpha value is -1.53. The number of aliphatic carboxylic acids is 1. The van der Waals surface area contributed by atoms with Gasteiger partial charge in [-0.1, -0.05) is 0 Å². The number of hydrogen-bond donors (Lipinski definition) is 1. The fourth-order valence-electron chi connectivity index (χ4n) is 1.87. The summed E-state index contributed by atoms with van der Waals surface area (Å²) in [4.78, 5) is 10.6. The molecule has 0 fully saturated rings. The second-order valence-corrected chi connectivity index (χ2v) is 6.27. The van der Waals surface area contributed by atoms with E-state index >= 15 is 0 Å². The fraction of sp³-hybridized carbons (Fsp3) is 0.188. The van der Waals surface area contributed by atoms with E-state index in [1.54, 1.807) is 7.11 Å². The molecular formula is C16H14Br2O4. The van der Waals surface area contributed by atoms with Gasteiger partial charge in [0.05, 0.1) is 16.1 Å². The van der Waals surface area contributed by atoms with Crippen molar-refractivity contribution in [1.29, 1.82) is 0 Å². The Morgan fingerprint density at radius 1 is 1.09 bits per heavy atom. The maximum absolute atomic E-state index is 10.6. The molecule has 0 amide bonds. The summed E-state index contributed by atoms with van der Waals surface area (Å²) in [5.74, 6) is 1.27. The van der Waals surface area contributed by atoms with Gasteiger partial charge < -0.3 is 14.6 Å². The molecule has 0 saturated heterocycles. The summed E-state index contributed by atoms with van der Waals surface area (Å²) in [6, 6.07) is 11.0. The highest BCUT2D eigenvalue weighted by atomic mass is 79.9. The predicted molar refractivity (Wildman–Crippen MR) is 90.9 cm³/mol. The van der Waals surface area contributed by atoms with Crippen molar-refractivity contribution in [2.75, 3.05) is 7.11 Å². The second kappa shape index (κ2) is 7.65. The van der Waals surface area contributed by atoms with Crippen LogP contribution >= 0.6 is 31.9 Å². The SMILES string of the molecule is COc1ccc(Oc2c(Br)cc(CCC(=O)O)cc2Br)cc1. The summed E-state index contributed by atoms with van der Waals surface area (Å²) in [7, 11) is 1.61. The first-order chi connectivity index (χ1) is 10.5. The van der Waals surface area contributed by atoms with Crippen LogP contribution in [0.5, 0.6) is 17.2 Å². The Kier molecular flexibility index (Phi) is 5.85. The van der Waals surface area contributed by atoms with Crippen molar-refractivity contribution >= 4 is 37.8 Å². The van der Waals surface area contributed by atoms with Gasteiger partial charge in [-0.3, -0.25) is 4.79 Å². The van der Waals surface area contributed by atoms with Gasteiger partial charge in [0.1, 0.15) is 11.5 Å². The average Bonchev–Trinajstić information content (AvgIpc) is 2.49. The van der Waals surface area contributed by atoms with E-state index in [1.165, 1.54) is 0 Å². The van der Waals surface area contributed by atoms with Gasteiger partial charge in [0, 0.05) is 6.42 Å². The van der Waals surface area contributed by atoms with Crippen molar-refractivity contribution in [3.63, 3.8) is 0 Å². The third-order valence-corrected chi connectivity index (χ3v) is 4.14. The van der Waals surface area contributed by atoms with Crippen LogP contribution in [0.15, 0.2) is 45.3 Å². The van der Waals surface area contributed by atoms with Crippen LogP contribution in [0.4, 0.5) is 0 Å². The van der Waals surface area contributed by atoms with Gasteiger partial charge in [0.15, 0.2) is 5.75 Å². The van der Waals surface area contributed by atoms with Crippen LogP contribution in [0, 0.1) is 0 Å². The lowest BCUT2D eigenvalue weighted by Gasteiger charge is -2.12. The number of methoxy groups -OCH3 is 1. The molecule has 2 aromatic carbocycles. The fourth-order valence-corrected chi connectivity index (χ4v) is 3.31. The van der Waals surface area contributed by atoms with Gasteiger partial charge in [-0.15, -0.1) is 0 Å². The van der Waals surface area contributed by atoms with Crippen molar-refractivity contribution in [1.82, 2.24) is 0 Å². The van der Waals surface area contributed by atoms with Crippen LogP contribution in [0.25, 0.3) is 0 Å². The number of hydrogen-bond acceptors (Lipinski definition) is 3. The number of carboxylic acid groups (broad SMARTS) is 1. The summed E-state index contributed by atoms with van der Waals surface area (Å²) < 4.78 is 12.5. The molecular weight excluding hydrogens is 416 g/mol. The molecule has 2 aromatic rings. The maximum Gasteiger partial charge on any atom is 0.303 e. The van der Waals surface area contributed by atoms with Crippen LogP contribution in [-0.2, 0) is 11.2 Å². The number of carboxylic acids is 1. The number of aryl methyl sites for hydroxylation is 1. The van der Waals surface area contributed by atoms with Gasteiger partial charge in [0.25, 0.3) is 0 Å². The first-order valence-electron chi connectivity index (χ1n) is 6.51. The molecule has 0 heterocycles. The molecule has 2 rings (SSSR count). The highest BCUT2D eigenvalue weighted by Gasteiger charge is 2.11. The molecule has 0 spiro atoms. The quantitative estimate of drug-likeness (QED) is 0.699. The Balaban J connectivity index is 2.18. The minimum Gasteiger partial charge on any atom is -0.497 e. The van der Waals surface area contributed by atoms with E-state index in [-0.39, 0.29) is 6.42 Å². The Bertz CT molecular complexity index is 645. The number of halogens is 2. The van der Waals surface area contributed by atoms with E-state index in [0.717, 1.165) is 20.3 Å². The average molecular weight is 430 g/mol. The zero-order valence-electron chi connectivity index (χ0n) is 11.8. The Morgan fingerprint density at radius 2 is 1.64 bits per heavy atom. The Morgan fingerprint density at radius 3 is 2.14 bits per heavy atom. The standard InChI is InChI=1S/C16H14Br2O4/c1-21-11-3-5-12(6-4-11)22-16-13(17)8-10(9-14(16)18)2-7-15(19)20/h3-6,8-9H,2,7H2,1H3,(H,19,20). The number of carbonyl (C=O) groups is 1. The molecule has 0 aliphatic rings. The third-order valence-electron chi connectivity index (χ3n) is 2.96. The lowest BCUT2D eigenvalue weighted by molar-refractivity contribution is -0.136. The summed E-state index contributed by atoms with van der Waals surface area (Å²) in [6.07, 6.45) is 0.562. The first-order valence-corrected chi connectivity index (χ1v) is 8.10. The smallest absolute Gasteiger partial charge is 0.303 e. The van der Waals surface area contributed by atoms with E-state index in [0.29, 0.717) is 17.9 Å². The molecule has 0 unspecified atom stereocenters. The monoisotopic (exact) mass is 428 g/mol. The van der Waals surface area contributed by atoms with E-state index in [9.17, 15) is 4.79 Å². The van der Waals surface area contributed by atoms with Crippen molar-refractivity contribution in [2.24, 2.45) is 0 Å². The van der Waals surface area contributed by atoms with Crippen LogP contribution in [0.3, 0.4) is 0 Å². The van der Waals surface area contributed by atoms with Gasteiger partial charge >= 0.3 is 5.97 Å². The molecule has 0 aliphatic carbocycles. The van der Waals surface area contributed by atoms with Crippen molar-refractivity contribution in [3.8, 4) is 17.2 Å². The molecule has 0 radical (unpaired) electrons. The lowest BCUT2D eigenvalue weighted by atomic mass is 10.1. The molecule has 0 aliphatic heterocycles. The topological polar surface area (TPSA) is 55.8 Å². The van der Waals surface area contributed by atoms with E-state index < -0.39 is 5.97 Å². The van der Waals surface area contributed by atoms with E-state index in [4.69, 9.17) is 14.6 Å². The molecule has 116 valence electrons. The van der Waals surface area contributed by atoms with Crippen LogP contribution in [-0.4, -0.2) is 18.2 Å². The highest BCUT2D eigenvalue weighted by Crippen LogP contribution is 2.38. The van der Waals surface area contributed by atoms with Crippen molar-refractivity contribution < 1.29 is 19.4 Å². The molecule has 4 nitrogen and oxygen atoms in total.